The molecule has 0 spiro atoms. The maximum Gasteiger partial charge on any atom is 0.129 e. The molecule has 0 aliphatic carbocycles. The summed E-state index contributed by atoms with van der Waals surface area (Å²) in [5.41, 5.74) is 3.31. The van der Waals surface area contributed by atoms with Gasteiger partial charge in [-0.25, -0.2) is 4.39 Å². The minimum Gasteiger partial charge on any atom is -0.493 e. The first-order valence-electron chi connectivity index (χ1n) is 11.6. The molecule has 2 aromatic rings. The quantitative estimate of drug-likeness (QED) is 0.464. The van der Waals surface area contributed by atoms with Crippen LogP contribution in [0.2, 0.25) is 0 Å². The molecule has 2 aliphatic heterocycles. The van der Waals surface area contributed by atoms with Crippen LogP contribution in [0.4, 0.5) is 4.39 Å². The largest absolute Gasteiger partial charge is 0.493 e. The van der Waals surface area contributed by atoms with Crippen molar-refractivity contribution >= 4 is 0 Å². The van der Waals surface area contributed by atoms with E-state index in [1.165, 1.54) is 18.4 Å². The van der Waals surface area contributed by atoms with Gasteiger partial charge >= 0.3 is 0 Å². The van der Waals surface area contributed by atoms with Crippen molar-refractivity contribution in [1.82, 2.24) is 0 Å². The second-order valence-electron chi connectivity index (χ2n) is 9.39. The minimum atomic E-state index is -0.879. The van der Waals surface area contributed by atoms with E-state index in [1.54, 1.807) is 0 Å². The molecule has 2 atom stereocenters. The Kier molecular flexibility index (Phi) is 8.18. The number of ether oxygens (including phenoxy) is 2. The fourth-order valence-corrected chi connectivity index (χ4v) is 4.13. The van der Waals surface area contributed by atoms with Crippen LogP contribution in [0.15, 0.2) is 42.5 Å². The van der Waals surface area contributed by atoms with Gasteiger partial charge in [-0.15, -0.1) is 0 Å². The standard InChI is InChI=1S/C14H19FO.C13H18O/c1-10(2)6-7-13(15)12-5-3-4-11-8-9-16-14(11)12;1-10(2)7-8-11-9-14-13-6-4-3-5-12(11)13/h3-5,10,13H,6-9H2,1-2H3;3-6,10-11H,7-9H2,1-2H3. The lowest BCUT2D eigenvalue weighted by molar-refractivity contribution is 0.285. The van der Waals surface area contributed by atoms with Crippen LogP contribution in [0.3, 0.4) is 0 Å². The lowest BCUT2D eigenvalue weighted by atomic mass is 9.93. The van der Waals surface area contributed by atoms with E-state index in [2.05, 4.69) is 45.9 Å². The Morgan fingerprint density at radius 1 is 0.900 bits per heavy atom. The fourth-order valence-electron chi connectivity index (χ4n) is 4.13. The molecule has 2 aliphatic rings. The number of benzene rings is 2. The zero-order chi connectivity index (χ0) is 21.5. The van der Waals surface area contributed by atoms with E-state index in [-0.39, 0.29) is 0 Å². The van der Waals surface area contributed by atoms with E-state index in [0.717, 1.165) is 48.0 Å². The SMILES string of the molecule is CC(C)CCC(F)c1cccc2c1OCC2.CC(C)CCC1COc2ccccc21. The molecule has 2 unspecified atom stereocenters. The number of rotatable bonds is 7. The van der Waals surface area contributed by atoms with Gasteiger partial charge in [-0.1, -0.05) is 70.5 Å². The van der Waals surface area contributed by atoms with Gasteiger partial charge in [-0.3, -0.25) is 0 Å². The van der Waals surface area contributed by atoms with Crippen LogP contribution in [-0.4, -0.2) is 13.2 Å². The Hall–Kier alpha value is -2.03. The normalized spacial score (nSPS) is 17.6. The first kappa shape index (κ1) is 22.7. The second-order valence-corrected chi connectivity index (χ2v) is 9.39. The monoisotopic (exact) mass is 412 g/mol. The molecule has 30 heavy (non-hydrogen) atoms. The van der Waals surface area contributed by atoms with Crippen molar-refractivity contribution in [2.45, 2.75) is 71.9 Å². The lowest BCUT2D eigenvalue weighted by Gasteiger charge is -2.13. The molecule has 2 nitrogen and oxygen atoms in total. The minimum absolute atomic E-state index is 0.552. The van der Waals surface area contributed by atoms with Crippen molar-refractivity contribution < 1.29 is 13.9 Å². The highest BCUT2D eigenvalue weighted by Crippen LogP contribution is 2.38. The van der Waals surface area contributed by atoms with Crippen molar-refractivity contribution in [3.63, 3.8) is 0 Å². The number of hydrogen-bond acceptors (Lipinski definition) is 2. The molecule has 2 aromatic carbocycles. The summed E-state index contributed by atoms with van der Waals surface area (Å²) in [6.07, 6.45) is 4.11. The Bertz CT molecular complexity index is 799. The van der Waals surface area contributed by atoms with Gasteiger partial charge in [0.2, 0.25) is 0 Å². The van der Waals surface area contributed by atoms with Gasteiger partial charge in [-0.05, 0) is 42.7 Å². The van der Waals surface area contributed by atoms with Crippen LogP contribution in [0, 0.1) is 11.8 Å². The van der Waals surface area contributed by atoms with Crippen molar-refractivity contribution in [2.24, 2.45) is 11.8 Å². The summed E-state index contributed by atoms with van der Waals surface area (Å²) in [6.45, 7) is 10.4. The predicted octanol–water partition coefficient (Wildman–Crippen LogP) is 7.67. The second kappa shape index (κ2) is 10.8. The maximum atomic E-state index is 14.1. The molecule has 0 aromatic heterocycles. The van der Waals surface area contributed by atoms with Gasteiger partial charge in [0.15, 0.2) is 0 Å². The Labute approximate surface area is 181 Å². The summed E-state index contributed by atoms with van der Waals surface area (Å²) in [4.78, 5) is 0. The third kappa shape index (κ3) is 6.00. The maximum absolute atomic E-state index is 14.1. The summed E-state index contributed by atoms with van der Waals surface area (Å²) in [6, 6.07) is 14.2. The molecule has 0 bridgehead atoms. The number of halogens is 1. The Morgan fingerprint density at radius 2 is 1.67 bits per heavy atom. The first-order chi connectivity index (χ1) is 14.5. The Morgan fingerprint density at radius 3 is 2.43 bits per heavy atom. The van der Waals surface area contributed by atoms with Crippen molar-refractivity contribution in [3.05, 3.63) is 59.2 Å². The molecule has 4 rings (SSSR count). The van der Waals surface area contributed by atoms with E-state index in [1.807, 2.05) is 24.3 Å². The zero-order valence-corrected chi connectivity index (χ0v) is 19.0. The highest BCUT2D eigenvalue weighted by atomic mass is 19.1. The van der Waals surface area contributed by atoms with Gasteiger partial charge in [0.05, 0.1) is 13.2 Å². The molecule has 0 fully saturated rings. The molecule has 2 heterocycles. The third-order valence-electron chi connectivity index (χ3n) is 5.97. The first-order valence-corrected chi connectivity index (χ1v) is 11.6. The molecule has 0 radical (unpaired) electrons. The van der Waals surface area contributed by atoms with Gasteiger partial charge in [0.25, 0.3) is 0 Å². The van der Waals surface area contributed by atoms with E-state index < -0.39 is 6.17 Å². The Balaban J connectivity index is 0.000000172. The van der Waals surface area contributed by atoms with E-state index >= 15 is 0 Å². The summed E-state index contributed by atoms with van der Waals surface area (Å²) in [7, 11) is 0. The van der Waals surface area contributed by atoms with Gasteiger partial charge in [-0.2, -0.15) is 0 Å². The summed E-state index contributed by atoms with van der Waals surface area (Å²) in [5, 5.41) is 0. The van der Waals surface area contributed by atoms with Crippen LogP contribution in [0.5, 0.6) is 11.5 Å². The smallest absolute Gasteiger partial charge is 0.129 e. The van der Waals surface area contributed by atoms with E-state index in [4.69, 9.17) is 9.47 Å². The van der Waals surface area contributed by atoms with Gasteiger partial charge in [0.1, 0.15) is 17.7 Å². The molecule has 0 saturated heterocycles. The van der Waals surface area contributed by atoms with Gasteiger partial charge in [0, 0.05) is 23.5 Å². The molecule has 0 saturated carbocycles. The van der Waals surface area contributed by atoms with Crippen molar-refractivity contribution in [3.8, 4) is 11.5 Å². The lowest BCUT2D eigenvalue weighted by Crippen LogP contribution is -2.02. The topological polar surface area (TPSA) is 18.5 Å². The summed E-state index contributed by atoms with van der Waals surface area (Å²) < 4.78 is 25.2. The van der Waals surface area contributed by atoms with E-state index in [0.29, 0.717) is 24.9 Å². The van der Waals surface area contributed by atoms with Crippen LogP contribution < -0.4 is 9.47 Å². The highest BCUT2D eigenvalue weighted by Gasteiger charge is 2.23. The summed E-state index contributed by atoms with van der Waals surface area (Å²) >= 11 is 0. The molecule has 0 N–H and O–H groups in total. The fraction of sp³-hybridized carbons (Fsp3) is 0.556. The number of para-hydroxylation sites is 2. The number of alkyl halides is 1. The average molecular weight is 413 g/mol. The highest BCUT2D eigenvalue weighted by molar-refractivity contribution is 5.45. The van der Waals surface area contributed by atoms with Gasteiger partial charge < -0.3 is 9.47 Å². The molecular formula is C27H37FO2. The van der Waals surface area contributed by atoms with Crippen LogP contribution >= 0.6 is 0 Å². The average Bonchev–Trinajstić information content (AvgIpc) is 3.37. The van der Waals surface area contributed by atoms with Crippen molar-refractivity contribution in [2.75, 3.05) is 13.2 Å². The molecular weight excluding hydrogens is 375 g/mol. The number of hydrogen-bond donors (Lipinski definition) is 0. The summed E-state index contributed by atoms with van der Waals surface area (Å²) in [5.74, 6) is 3.88. The third-order valence-corrected chi connectivity index (χ3v) is 5.97. The van der Waals surface area contributed by atoms with Crippen LogP contribution in [0.25, 0.3) is 0 Å². The predicted molar refractivity (Wildman–Crippen MR) is 122 cm³/mol. The number of fused-ring (bicyclic) bond motifs is 2. The molecule has 0 amide bonds. The van der Waals surface area contributed by atoms with Crippen LogP contribution in [-0.2, 0) is 6.42 Å². The molecule has 164 valence electrons. The van der Waals surface area contributed by atoms with Crippen LogP contribution in [0.1, 0.15) is 82.2 Å². The van der Waals surface area contributed by atoms with E-state index in [9.17, 15) is 4.39 Å². The molecule has 3 heteroatoms. The zero-order valence-electron chi connectivity index (χ0n) is 19.0. The van der Waals surface area contributed by atoms with Crippen molar-refractivity contribution in [1.29, 1.82) is 0 Å².